The van der Waals surface area contributed by atoms with Crippen LogP contribution >= 0.6 is 0 Å². The summed E-state index contributed by atoms with van der Waals surface area (Å²) in [5.74, 6) is 1.39. The maximum Gasteiger partial charge on any atom is 0.195 e. The smallest absolute Gasteiger partial charge is 0.195 e. The van der Waals surface area contributed by atoms with Crippen molar-refractivity contribution in [3.63, 3.8) is 0 Å². The van der Waals surface area contributed by atoms with Crippen molar-refractivity contribution in [1.82, 2.24) is 4.98 Å². The van der Waals surface area contributed by atoms with Crippen molar-refractivity contribution < 1.29 is 9.52 Å². The van der Waals surface area contributed by atoms with Crippen LogP contribution in [0.1, 0.15) is 37.1 Å². The summed E-state index contributed by atoms with van der Waals surface area (Å²) in [7, 11) is 0. The molecule has 1 aliphatic carbocycles. The van der Waals surface area contributed by atoms with Gasteiger partial charge in [-0.25, -0.2) is 4.98 Å². The molecule has 1 N–H and O–H groups in total. The molecular weight excluding hydrogens is 166 g/mol. The molecule has 0 aromatic carbocycles. The zero-order chi connectivity index (χ0) is 9.47. The van der Waals surface area contributed by atoms with E-state index >= 15 is 0 Å². The van der Waals surface area contributed by atoms with E-state index in [1.54, 1.807) is 0 Å². The average Bonchev–Trinajstić information content (AvgIpc) is 2.67. The Balaban J connectivity index is 2.12. The van der Waals surface area contributed by atoms with E-state index < -0.39 is 0 Å². The van der Waals surface area contributed by atoms with Gasteiger partial charge in [-0.05, 0) is 25.2 Å². The Labute approximate surface area is 77.8 Å². The van der Waals surface area contributed by atoms with Gasteiger partial charge in [0.15, 0.2) is 11.7 Å². The minimum Gasteiger partial charge on any atom is -0.443 e. The van der Waals surface area contributed by atoms with Crippen LogP contribution in [0.3, 0.4) is 0 Å². The fourth-order valence-electron chi connectivity index (χ4n) is 1.47. The van der Waals surface area contributed by atoms with Gasteiger partial charge in [-0.15, -0.1) is 0 Å². The Bertz CT molecular complexity index is 313. The molecule has 0 amide bonds. The van der Waals surface area contributed by atoms with Gasteiger partial charge in [0.25, 0.3) is 0 Å². The standard InChI is InChI=1S/C10H15NO2/c1-7-8(6-12)13-9(11-7)5-10(2)3-4-10/h12H,3-6H2,1-2H3. The Kier molecular flexibility index (Phi) is 1.91. The number of aromatic nitrogens is 1. The topological polar surface area (TPSA) is 46.3 Å². The van der Waals surface area contributed by atoms with Crippen LogP contribution in [0.4, 0.5) is 0 Å². The van der Waals surface area contributed by atoms with E-state index in [4.69, 9.17) is 9.52 Å². The van der Waals surface area contributed by atoms with E-state index in [0.717, 1.165) is 18.0 Å². The van der Waals surface area contributed by atoms with Gasteiger partial charge in [0, 0.05) is 6.42 Å². The van der Waals surface area contributed by atoms with Crippen molar-refractivity contribution >= 4 is 0 Å². The van der Waals surface area contributed by atoms with Gasteiger partial charge in [0.1, 0.15) is 6.61 Å². The van der Waals surface area contributed by atoms with Crippen LogP contribution in [0.5, 0.6) is 0 Å². The van der Waals surface area contributed by atoms with Crippen molar-refractivity contribution in [2.45, 2.75) is 39.7 Å². The molecule has 0 aliphatic heterocycles. The van der Waals surface area contributed by atoms with Gasteiger partial charge < -0.3 is 9.52 Å². The molecule has 1 aromatic rings. The Morgan fingerprint density at radius 1 is 1.54 bits per heavy atom. The molecule has 1 saturated carbocycles. The third-order valence-corrected chi connectivity index (χ3v) is 2.76. The van der Waals surface area contributed by atoms with E-state index in [2.05, 4.69) is 11.9 Å². The molecule has 0 atom stereocenters. The highest BCUT2D eigenvalue weighted by atomic mass is 16.4. The summed E-state index contributed by atoms with van der Waals surface area (Å²) in [5.41, 5.74) is 1.24. The number of oxazole rings is 1. The first kappa shape index (κ1) is 8.75. The van der Waals surface area contributed by atoms with Crippen molar-refractivity contribution in [2.75, 3.05) is 0 Å². The molecule has 13 heavy (non-hydrogen) atoms. The van der Waals surface area contributed by atoms with E-state index in [0.29, 0.717) is 11.2 Å². The van der Waals surface area contributed by atoms with Crippen LogP contribution < -0.4 is 0 Å². The summed E-state index contributed by atoms with van der Waals surface area (Å²) >= 11 is 0. The van der Waals surface area contributed by atoms with Gasteiger partial charge >= 0.3 is 0 Å². The molecule has 2 rings (SSSR count). The van der Waals surface area contributed by atoms with Gasteiger partial charge in [-0.3, -0.25) is 0 Å². The fourth-order valence-corrected chi connectivity index (χ4v) is 1.47. The van der Waals surface area contributed by atoms with Crippen LogP contribution in [0, 0.1) is 12.3 Å². The lowest BCUT2D eigenvalue weighted by molar-refractivity contribution is 0.240. The minimum atomic E-state index is -0.0461. The fraction of sp³-hybridized carbons (Fsp3) is 0.700. The summed E-state index contributed by atoms with van der Waals surface area (Å²) in [6.45, 7) is 4.06. The Morgan fingerprint density at radius 3 is 2.69 bits per heavy atom. The van der Waals surface area contributed by atoms with Crippen LogP contribution in [-0.2, 0) is 13.0 Å². The number of aliphatic hydroxyl groups excluding tert-OH is 1. The first-order valence-electron chi connectivity index (χ1n) is 4.69. The number of hydrogen-bond donors (Lipinski definition) is 1. The summed E-state index contributed by atoms with van der Waals surface area (Å²) in [6, 6.07) is 0. The third kappa shape index (κ3) is 1.75. The second kappa shape index (κ2) is 2.84. The van der Waals surface area contributed by atoms with E-state index in [-0.39, 0.29) is 6.61 Å². The molecule has 0 spiro atoms. The van der Waals surface area contributed by atoms with Crippen molar-refractivity contribution in [2.24, 2.45) is 5.41 Å². The van der Waals surface area contributed by atoms with Crippen LogP contribution in [0.25, 0.3) is 0 Å². The average molecular weight is 181 g/mol. The summed E-state index contributed by atoms with van der Waals surface area (Å²) < 4.78 is 5.42. The van der Waals surface area contributed by atoms with Crippen LogP contribution in [-0.4, -0.2) is 10.1 Å². The van der Waals surface area contributed by atoms with Crippen LogP contribution in [0.2, 0.25) is 0 Å². The largest absolute Gasteiger partial charge is 0.443 e. The lowest BCUT2D eigenvalue weighted by Gasteiger charge is -2.01. The molecule has 3 nitrogen and oxygen atoms in total. The highest BCUT2D eigenvalue weighted by molar-refractivity contribution is 5.08. The maximum atomic E-state index is 8.91. The predicted molar refractivity (Wildman–Crippen MR) is 48.2 cm³/mol. The molecule has 3 heteroatoms. The number of hydrogen-bond acceptors (Lipinski definition) is 3. The molecular formula is C10H15NO2. The predicted octanol–water partition coefficient (Wildman–Crippen LogP) is 1.82. The van der Waals surface area contributed by atoms with E-state index in [1.165, 1.54) is 12.8 Å². The Morgan fingerprint density at radius 2 is 2.23 bits per heavy atom. The quantitative estimate of drug-likeness (QED) is 0.773. The minimum absolute atomic E-state index is 0.0461. The van der Waals surface area contributed by atoms with Crippen molar-refractivity contribution in [3.8, 4) is 0 Å². The normalized spacial score (nSPS) is 19.0. The van der Waals surface area contributed by atoms with Crippen molar-refractivity contribution in [1.29, 1.82) is 0 Å². The first-order valence-corrected chi connectivity index (χ1v) is 4.69. The third-order valence-electron chi connectivity index (χ3n) is 2.76. The van der Waals surface area contributed by atoms with Crippen molar-refractivity contribution in [3.05, 3.63) is 17.3 Å². The second-order valence-corrected chi connectivity index (χ2v) is 4.26. The van der Waals surface area contributed by atoms with Gasteiger partial charge in [0.05, 0.1) is 5.69 Å². The number of rotatable bonds is 3. The SMILES string of the molecule is Cc1nc(CC2(C)CC2)oc1CO. The van der Waals surface area contributed by atoms with Gasteiger partial charge in [0.2, 0.25) is 0 Å². The molecule has 0 saturated heterocycles. The maximum absolute atomic E-state index is 8.91. The number of aryl methyl sites for hydroxylation is 1. The van der Waals surface area contributed by atoms with Gasteiger partial charge in [-0.1, -0.05) is 6.92 Å². The highest BCUT2D eigenvalue weighted by Crippen LogP contribution is 2.47. The number of aliphatic hydroxyl groups is 1. The Hall–Kier alpha value is -0.830. The summed E-state index contributed by atoms with van der Waals surface area (Å²) in [4.78, 5) is 4.28. The first-order chi connectivity index (χ1) is 6.13. The lowest BCUT2D eigenvalue weighted by Crippen LogP contribution is -1.98. The zero-order valence-electron chi connectivity index (χ0n) is 8.13. The van der Waals surface area contributed by atoms with Gasteiger partial charge in [-0.2, -0.15) is 0 Å². The molecule has 1 heterocycles. The molecule has 0 unspecified atom stereocenters. The molecule has 1 aliphatic rings. The van der Waals surface area contributed by atoms with E-state index in [9.17, 15) is 0 Å². The second-order valence-electron chi connectivity index (χ2n) is 4.26. The molecule has 0 radical (unpaired) electrons. The molecule has 0 bridgehead atoms. The molecule has 72 valence electrons. The zero-order valence-corrected chi connectivity index (χ0v) is 8.13. The van der Waals surface area contributed by atoms with Crippen LogP contribution in [0.15, 0.2) is 4.42 Å². The monoisotopic (exact) mass is 181 g/mol. The highest BCUT2D eigenvalue weighted by Gasteiger charge is 2.38. The number of nitrogens with zero attached hydrogens (tertiary/aromatic N) is 1. The lowest BCUT2D eigenvalue weighted by atomic mass is 10.1. The molecule has 1 aromatic heterocycles. The summed E-state index contributed by atoms with van der Waals surface area (Å²) in [5, 5.41) is 8.91. The van der Waals surface area contributed by atoms with E-state index in [1.807, 2.05) is 6.92 Å². The molecule has 1 fully saturated rings. The summed E-state index contributed by atoms with van der Waals surface area (Å²) in [6.07, 6.45) is 3.44.